The van der Waals surface area contributed by atoms with Gasteiger partial charge < -0.3 is 20.5 Å². The second-order valence-corrected chi connectivity index (χ2v) is 4.88. The molecule has 3 N–H and O–H groups in total. The molecular weight excluding hydrogens is 260 g/mol. The second kappa shape index (κ2) is 7.04. The first-order valence-corrected chi connectivity index (χ1v) is 6.90. The molecule has 1 unspecified atom stereocenters. The van der Waals surface area contributed by atoms with Gasteiger partial charge in [-0.05, 0) is 19.3 Å². The molecule has 1 aromatic rings. The summed E-state index contributed by atoms with van der Waals surface area (Å²) >= 11 is 0. The molecule has 0 aromatic carbocycles. The molecule has 0 spiro atoms. The number of rotatable bonds is 5. The number of likely N-dealkylation sites (tertiary alicyclic amines) is 1. The third kappa shape index (κ3) is 3.57. The number of hydrogen-bond acceptors (Lipinski definition) is 5. The zero-order valence-corrected chi connectivity index (χ0v) is 11.4. The van der Waals surface area contributed by atoms with Gasteiger partial charge in [0.25, 0.3) is 5.91 Å². The van der Waals surface area contributed by atoms with Gasteiger partial charge in [-0.25, -0.2) is 0 Å². The number of amides is 2. The van der Waals surface area contributed by atoms with Crippen LogP contribution in [0.2, 0.25) is 0 Å². The number of piperidine rings is 1. The minimum Gasteiger partial charge on any atom is -0.364 e. The molecule has 2 amide bonds. The van der Waals surface area contributed by atoms with E-state index in [4.69, 9.17) is 10.3 Å². The third-order valence-electron chi connectivity index (χ3n) is 3.45. The summed E-state index contributed by atoms with van der Waals surface area (Å²) < 4.78 is 4.71. The van der Waals surface area contributed by atoms with Crippen molar-refractivity contribution in [1.82, 2.24) is 15.4 Å². The van der Waals surface area contributed by atoms with Crippen LogP contribution in [0.25, 0.3) is 0 Å². The van der Waals surface area contributed by atoms with Crippen LogP contribution in [0.4, 0.5) is 0 Å². The van der Waals surface area contributed by atoms with Crippen molar-refractivity contribution in [2.45, 2.75) is 31.7 Å². The summed E-state index contributed by atoms with van der Waals surface area (Å²) in [6, 6.07) is 1.57. The monoisotopic (exact) mass is 280 g/mol. The molecule has 20 heavy (non-hydrogen) atoms. The van der Waals surface area contributed by atoms with Crippen molar-refractivity contribution in [2.24, 2.45) is 5.73 Å². The van der Waals surface area contributed by atoms with E-state index in [1.54, 1.807) is 11.0 Å². The van der Waals surface area contributed by atoms with Crippen molar-refractivity contribution >= 4 is 11.8 Å². The van der Waals surface area contributed by atoms with Gasteiger partial charge in [0.2, 0.25) is 5.91 Å². The Bertz CT molecular complexity index is 446. The average Bonchev–Trinajstić information content (AvgIpc) is 2.99. The van der Waals surface area contributed by atoms with E-state index < -0.39 is 0 Å². The lowest BCUT2D eigenvalue weighted by molar-refractivity contribution is -0.121. The van der Waals surface area contributed by atoms with Crippen molar-refractivity contribution in [2.75, 3.05) is 19.6 Å². The van der Waals surface area contributed by atoms with Gasteiger partial charge in [0.1, 0.15) is 6.26 Å². The van der Waals surface area contributed by atoms with Crippen LogP contribution in [0, 0.1) is 0 Å². The van der Waals surface area contributed by atoms with Crippen molar-refractivity contribution in [3.63, 3.8) is 0 Å². The highest BCUT2D eigenvalue weighted by Crippen LogP contribution is 2.18. The van der Waals surface area contributed by atoms with Crippen molar-refractivity contribution in [1.29, 1.82) is 0 Å². The molecule has 1 atom stereocenters. The first-order chi connectivity index (χ1) is 9.72. The maximum absolute atomic E-state index is 12.3. The van der Waals surface area contributed by atoms with E-state index in [0.29, 0.717) is 31.7 Å². The molecule has 1 aliphatic heterocycles. The van der Waals surface area contributed by atoms with Crippen LogP contribution in [-0.2, 0) is 4.79 Å². The Morgan fingerprint density at radius 2 is 2.35 bits per heavy atom. The van der Waals surface area contributed by atoms with Crippen LogP contribution in [0.15, 0.2) is 16.9 Å². The Balaban J connectivity index is 1.95. The van der Waals surface area contributed by atoms with Gasteiger partial charge in [-0.1, -0.05) is 5.16 Å². The number of carbonyl (C=O) groups is 2. The molecular formula is C13H20N4O3. The molecule has 7 heteroatoms. The maximum Gasteiger partial charge on any atom is 0.276 e. The third-order valence-corrected chi connectivity index (χ3v) is 3.45. The van der Waals surface area contributed by atoms with Crippen LogP contribution in [0.5, 0.6) is 0 Å². The Labute approximate surface area is 117 Å². The fourth-order valence-corrected chi connectivity index (χ4v) is 2.40. The highest BCUT2D eigenvalue weighted by Gasteiger charge is 2.28. The van der Waals surface area contributed by atoms with E-state index in [-0.39, 0.29) is 17.9 Å². The number of carbonyl (C=O) groups excluding carboxylic acids is 2. The molecule has 0 saturated carbocycles. The minimum atomic E-state index is -0.142. The van der Waals surface area contributed by atoms with Crippen LogP contribution in [-0.4, -0.2) is 47.5 Å². The van der Waals surface area contributed by atoms with E-state index in [1.165, 1.54) is 6.26 Å². The highest BCUT2D eigenvalue weighted by molar-refractivity contribution is 5.92. The van der Waals surface area contributed by atoms with E-state index >= 15 is 0 Å². The first-order valence-electron chi connectivity index (χ1n) is 6.90. The molecule has 0 aliphatic carbocycles. The molecule has 1 saturated heterocycles. The van der Waals surface area contributed by atoms with E-state index in [9.17, 15) is 9.59 Å². The Morgan fingerprint density at radius 1 is 1.50 bits per heavy atom. The second-order valence-electron chi connectivity index (χ2n) is 4.88. The van der Waals surface area contributed by atoms with Crippen molar-refractivity contribution in [3.05, 3.63) is 18.0 Å². The molecule has 2 rings (SSSR count). The molecule has 0 radical (unpaired) electrons. The van der Waals surface area contributed by atoms with E-state index in [1.807, 2.05) is 0 Å². The molecule has 1 aliphatic rings. The van der Waals surface area contributed by atoms with Gasteiger partial charge in [-0.15, -0.1) is 0 Å². The standard InChI is InChI=1S/C13H20N4O3/c14-6-4-12(18)15-9-10-3-1-2-7-17(10)13(19)11-5-8-20-16-11/h5,8,10H,1-4,6-7,9,14H2,(H,15,18). The summed E-state index contributed by atoms with van der Waals surface area (Å²) in [7, 11) is 0. The molecule has 2 heterocycles. The topological polar surface area (TPSA) is 101 Å². The van der Waals surface area contributed by atoms with Crippen LogP contribution in [0.3, 0.4) is 0 Å². The number of hydrogen-bond donors (Lipinski definition) is 2. The lowest BCUT2D eigenvalue weighted by Crippen LogP contribution is -2.49. The summed E-state index contributed by atoms with van der Waals surface area (Å²) in [6.07, 6.45) is 4.60. The Kier molecular flexibility index (Phi) is 5.11. The van der Waals surface area contributed by atoms with E-state index in [0.717, 1.165) is 19.3 Å². The SMILES string of the molecule is NCCC(=O)NCC1CCCCN1C(=O)c1ccon1. The van der Waals surface area contributed by atoms with Gasteiger partial charge in [0.05, 0.1) is 0 Å². The lowest BCUT2D eigenvalue weighted by Gasteiger charge is -2.35. The molecule has 7 nitrogen and oxygen atoms in total. The lowest BCUT2D eigenvalue weighted by atomic mass is 10.0. The summed E-state index contributed by atoms with van der Waals surface area (Å²) in [5.74, 6) is -0.219. The average molecular weight is 280 g/mol. The van der Waals surface area contributed by atoms with Crippen LogP contribution < -0.4 is 11.1 Å². The zero-order chi connectivity index (χ0) is 14.4. The quantitative estimate of drug-likeness (QED) is 0.798. The number of nitrogens with one attached hydrogen (secondary N) is 1. The van der Waals surface area contributed by atoms with Crippen molar-refractivity contribution < 1.29 is 14.1 Å². The fraction of sp³-hybridized carbons (Fsp3) is 0.615. The summed E-state index contributed by atoms with van der Waals surface area (Å²) in [6.45, 7) is 1.48. The smallest absolute Gasteiger partial charge is 0.276 e. The van der Waals surface area contributed by atoms with Gasteiger partial charge in [0.15, 0.2) is 5.69 Å². The minimum absolute atomic E-state index is 0.00896. The first kappa shape index (κ1) is 14.5. The molecule has 110 valence electrons. The van der Waals surface area contributed by atoms with Gasteiger partial charge in [-0.3, -0.25) is 9.59 Å². The normalized spacial score (nSPS) is 18.9. The van der Waals surface area contributed by atoms with Gasteiger partial charge in [-0.2, -0.15) is 0 Å². The predicted molar refractivity (Wildman–Crippen MR) is 71.9 cm³/mol. The fourth-order valence-electron chi connectivity index (χ4n) is 2.40. The number of nitrogens with zero attached hydrogens (tertiary/aromatic N) is 2. The summed E-state index contributed by atoms with van der Waals surface area (Å²) in [5, 5.41) is 6.51. The molecule has 0 bridgehead atoms. The maximum atomic E-state index is 12.3. The largest absolute Gasteiger partial charge is 0.364 e. The molecule has 1 fully saturated rings. The predicted octanol–water partition coefficient (Wildman–Crippen LogP) is 0.134. The van der Waals surface area contributed by atoms with E-state index in [2.05, 4.69) is 10.5 Å². The van der Waals surface area contributed by atoms with Gasteiger partial charge in [0, 0.05) is 38.2 Å². The highest BCUT2D eigenvalue weighted by atomic mass is 16.5. The Morgan fingerprint density at radius 3 is 3.05 bits per heavy atom. The number of aromatic nitrogens is 1. The number of nitrogens with two attached hydrogens (primary N) is 1. The van der Waals surface area contributed by atoms with Crippen molar-refractivity contribution in [3.8, 4) is 0 Å². The summed E-state index contributed by atoms with van der Waals surface area (Å²) in [4.78, 5) is 25.5. The Hall–Kier alpha value is -1.89. The molecule has 1 aromatic heterocycles. The van der Waals surface area contributed by atoms with Crippen LogP contribution in [0.1, 0.15) is 36.2 Å². The zero-order valence-electron chi connectivity index (χ0n) is 11.4. The van der Waals surface area contributed by atoms with Gasteiger partial charge >= 0.3 is 0 Å². The van der Waals surface area contributed by atoms with Crippen LogP contribution >= 0.6 is 0 Å². The summed E-state index contributed by atoms with van der Waals surface area (Å²) in [5.41, 5.74) is 5.64.